The third-order valence-corrected chi connectivity index (χ3v) is 14.3. The van der Waals surface area contributed by atoms with Gasteiger partial charge in [-0.15, -0.1) is 0 Å². The van der Waals surface area contributed by atoms with E-state index in [-0.39, 0.29) is 34.5 Å². The van der Waals surface area contributed by atoms with Crippen LogP contribution in [0.15, 0.2) is 60.7 Å². The molecule has 10 nitrogen and oxygen atoms in total. The molecule has 4 aliphatic rings. The van der Waals surface area contributed by atoms with E-state index in [1.165, 1.54) is 11.1 Å². The first-order valence-corrected chi connectivity index (χ1v) is 20.5. The highest BCUT2D eigenvalue weighted by molar-refractivity contribution is 6.30. The summed E-state index contributed by atoms with van der Waals surface area (Å²) in [5.41, 5.74) is 6.76. The molecule has 0 spiro atoms. The normalized spacial score (nSPS) is 33.4. The molecule has 0 amide bonds. The Morgan fingerprint density at radius 3 is 1.37 bits per heavy atom. The Hall–Kier alpha value is -2.86. The van der Waals surface area contributed by atoms with Crippen molar-refractivity contribution in [1.82, 2.24) is 20.8 Å². The van der Waals surface area contributed by atoms with Crippen LogP contribution in [0.1, 0.15) is 101 Å². The average Bonchev–Trinajstić information content (AvgIpc) is 3.60. The summed E-state index contributed by atoms with van der Waals surface area (Å²) in [6.45, 7) is 8.69. The van der Waals surface area contributed by atoms with Crippen LogP contribution in [0.3, 0.4) is 0 Å². The second kappa shape index (κ2) is 17.5. The quantitative estimate of drug-likeness (QED) is 0.0859. The fourth-order valence-electron chi connectivity index (χ4n) is 10.7. The summed E-state index contributed by atoms with van der Waals surface area (Å²) < 4.78 is 13.3. The van der Waals surface area contributed by atoms with Gasteiger partial charge in [0.25, 0.3) is 0 Å². The Morgan fingerprint density at radius 1 is 0.611 bits per heavy atom. The molecule has 0 heterocycles. The number of hydrogen-bond donors (Lipinski definition) is 2. The SMILES string of the molecule is CN(C)CCONC[C@H]1CC[C@]2(OC(=O)C(=O)O[C@]34CC[C@H](CNOCCN(C)C)[C@@]3(C)CC[C@H](c3ccccc3)C4)C[C@@H](c3ccccc3)CC[C@]12C. The van der Waals surface area contributed by atoms with Crippen LogP contribution in [0.4, 0.5) is 0 Å². The van der Waals surface area contributed by atoms with Crippen molar-refractivity contribution >= 4 is 11.9 Å². The minimum Gasteiger partial charge on any atom is -0.450 e. The minimum absolute atomic E-state index is 0.229. The Bertz CT molecular complexity index is 1410. The fourth-order valence-corrected chi connectivity index (χ4v) is 10.7. The van der Waals surface area contributed by atoms with Crippen LogP contribution < -0.4 is 11.0 Å². The van der Waals surface area contributed by atoms with E-state index in [2.05, 4.69) is 83.1 Å². The summed E-state index contributed by atoms with van der Waals surface area (Å²) >= 11 is 0. The van der Waals surface area contributed by atoms with E-state index in [1.54, 1.807) is 0 Å². The number of esters is 2. The first kappa shape index (κ1) is 40.8. The smallest absolute Gasteiger partial charge is 0.418 e. The zero-order valence-electron chi connectivity index (χ0n) is 33.7. The van der Waals surface area contributed by atoms with E-state index in [0.29, 0.717) is 52.0 Å². The predicted octanol–water partition coefficient (Wildman–Crippen LogP) is 6.48. The standard InChI is InChI=1S/C44H66N4O6/c1-41-21-17-35(33-13-9-7-10-14-33)29-43(41,23-19-37(41)31-45-51-27-25-47(3)4)53-39(49)40(50)54-44-24-20-38(32-46-52-28-26-48(5)6)42(44,2)22-18-36(30-44)34-15-11-8-12-16-34/h7-16,35-38,45-46H,17-32H2,1-6H3/t35-,36-,37+,38+,41+,42+,43-,44-/m0/s1. The molecule has 2 aromatic rings. The minimum atomic E-state index is -0.849. The Labute approximate surface area is 323 Å². The van der Waals surface area contributed by atoms with Crippen LogP contribution >= 0.6 is 0 Å². The molecule has 0 radical (unpaired) electrons. The van der Waals surface area contributed by atoms with Crippen molar-refractivity contribution < 1.29 is 28.7 Å². The number of nitrogens with zero attached hydrogens (tertiary/aromatic N) is 2. The molecule has 6 rings (SSSR count). The molecule has 10 heteroatoms. The first-order chi connectivity index (χ1) is 25.9. The van der Waals surface area contributed by atoms with E-state index in [0.717, 1.165) is 51.6 Å². The number of hydroxylamine groups is 2. The van der Waals surface area contributed by atoms with Gasteiger partial charge in [-0.3, -0.25) is 0 Å². The number of ether oxygens (including phenoxy) is 2. The van der Waals surface area contributed by atoms with Gasteiger partial charge < -0.3 is 28.9 Å². The van der Waals surface area contributed by atoms with Crippen molar-refractivity contribution in [3.63, 3.8) is 0 Å². The Balaban J connectivity index is 1.21. The number of carbonyl (C=O) groups is 2. The molecule has 4 fully saturated rings. The lowest BCUT2D eigenvalue weighted by atomic mass is 9.59. The van der Waals surface area contributed by atoms with Crippen molar-refractivity contribution in [3.05, 3.63) is 71.8 Å². The topological polar surface area (TPSA) is 102 Å². The lowest BCUT2D eigenvalue weighted by Gasteiger charge is -2.52. The molecule has 0 unspecified atom stereocenters. The largest absolute Gasteiger partial charge is 0.450 e. The maximum atomic E-state index is 14.3. The first-order valence-electron chi connectivity index (χ1n) is 20.5. The summed E-state index contributed by atoms with van der Waals surface area (Å²) in [6, 6.07) is 21.1. The zero-order valence-corrected chi connectivity index (χ0v) is 33.7. The number of likely N-dealkylation sites (N-methyl/N-ethyl adjacent to an activating group) is 2. The maximum Gasteiger partial charge on any atom is 0.418 e. The molecular formula is C44H66N4O6. The molecule has 0 aromatic heterocycles. The van der Waals surface area contributed by atoms with Gasteiger partial charge in [0, 0.05) is 37.0 Å². The van der Waals surface area contributed by atoms with Gasteiger partial charge in [0.2, 0.25) is 0 Å². The van der Waals surface area contributed by atoms with Crippen molar-refractivity contribution in [2.45, 2.75) is 101 Å². The summed E-state index contributed by atoms with van der Waals surface area (Å²) in [5.74, 6) is -0.766. The Kier molecular flexibility index (Phi) is 13.2. The molecule has 0 bridgehead atoms. The molecule has 2 aromatic carbocycles. The van der Waals surface area contributed by atoms with Gasteiger partial charge in [0.05, 0.1) is 13.2 Å². The predicted molar refractivity (Wildman–Crippen MR) is 210 cm³/mol. The summed E-state index contributed by atoms with van der Waals surface area (Å²) in [4.78, 5) is 44.5. The highest BCUT2D eigenvalue weighted by Crippen LogP contribution is 2.64. The number of carbonyl (C=O) groups excluding carboxylic acids is 2. The van der Waals surface area contributed by atoms with E-state index < -0.39 is 23.1 Å². The highest BCUT2D eigenvalue weighted by Gasteiger charge is 2.65. The molecule has 0 saturated heterocycles. The van der Waals surface area contributed by atoms with Crippen LogP contribution in [0.5, 0.6) is 0 Å². The van der Waals surface area contributed by atoms with Gasteiger partial charge in [-0.2, -0.15) is 0 Å². The van der Waals surface area contributed by atoms with E-state index in [4.69, 9.17) is 19.1 Å². The van der Waals surface area contributed by atoms with Crippen LogP contribution in [-0.2, 0) is 28.7 Å². The third-order valence-electron chi connectivity index (χ3n) is 14.3. The van der Waals surface area contributed by atoms with E-state index in [9.17, 15) is 9.59 Å². The second-order valence-corrected chi connectivity index (χ2v) is 17.8. The summed E-state index contributed by atoms with van der Waals surface area (Å²) in [6.07, 6.45) is 8.34. The number of fused-ring (bicyclic) bond motifs is 2. The lowest BCUT2D eigenvalue weighted by molar-refractivity contribution is -0.209. The molecular weight excluding hydrogens is 681 g/mol. The second-order valence-electron chi connectivity index (χ2n) is 17.8. The number of hydrogen-bond acceptors (Lipinski definition) is 10. The average molecular weight is 747 g/mol. The number of nitrogens with one attached hydrogen (secondary N) is 2. The zero-order chi connectivity index (χ0) is 38.4. The molecule has 0 aliphatic heterocycles. The van der Waals surface area contributed by atoms with Crippen LogP contribution in [0, 0.1) is 22.7 Å². The van der Waals surface area contributed by atoms with E-state index >= 15 is 0 Å². The van der Waals surface area contributed by atoms with Gasteiger partial charge in [0.1, 0.15) is 11.2 Å². The lowest BCUT2D eigenvalue weighted by Crippen LogP contribution is -2.56. The molecule has 298 valence electrons. The fraction of sp³-hybridized carbons (Fsp3) is 0.682. The summed E-state index contributed by atoms with van der Waals surface area (Å²) in [7, 11) is 8.12. The van der Waals surface area contributed by atoms with Gasteiger partial charge in [-0.05, 0) is 127 Å². The number of benzene rings is 2. The molecule has 2 N–H and O–H groups in total. The molecule has 8 atom stereocenters. The van der Waals surface area contributed by atoms with Crippen molar-refractivity contribution in [2.75, 3.05) is 67.6 Å². The van der Waals surface area contributed by atoms with E-state index in [1.807, 2.05) is 40.3 Å². The third kappa shape index (κ3) is 8.59. The van der Waals surface area contributed by atoms with Crippen LogP contribution in [-0.4, -0.2) is 101 Å². The molecule has 4 aliphatic carbocycles. The van der Waals surface area contributed by atoms with Crippen LogP contribution in [0.2, 0.25) is 0 Å². The number of rotatable bonds is 16. The van der Waals surface area contributed by atoms with Crippen molar-refractivity contribution in [3.8, 4) is 0 Å². The highest BCUT2D eigenvalue weighted by atomic mass is 16.6. The van der Waals surface area contributed by atoms with Crippen molar-refractivity contribution in [2.24, 2.45) is 22.7 Å². The molecule has 54 heavy (non-hydrogen) atoms. The van der Waals surface area contributed by atoms with Gasteiger partial charge in [-0.1, -0.05) is 74.5 Å². The summed E-state index contributed by atoms with van der Waals surface area (Å²) in [5, 5.41) is 0. The van der Waals surface area contributed by atoms with Gasteiger partial charge >= 0.3 is 11.9 Å². The maximum absolute atomic E-state index is 14.3. The van der Waals surface area contributed by atoms with Crippen molar-refractivity contribution in [1.29, 1.82) is 0 Å². The van der Waals surface area contributed by atoms with Crippen LogP contribution in [0.25, 0.3) is 0 Å². The van der Waals surface area contributed by atoms with Gasteiger partial charge in [0.15, 0.2) is 0 Å². The molecule has 4 saturated carbocycles. The van der Waals surface area contributed by atoms with Gasteiger partial charge in [-0.25, -0.2) is 20.5 Å². The Morgan fingerprint density at radius 2 is 1.00 bits per heavy atom. The monoisotopic (exact) mass is 746 g/mol.